The van der Waals surface area contributed by atoms with Crippen molar-refractivity contribution in [1.82, 2.24) is 19.5 Å². The fourth-order valence-corrected chi connectivity index (χ4v) is 5.22. The van der Waals surface area contributed by atoms with Crippen molar-refractivity contribution < 1.29 is 8.42 Å². The minimum atomic E-state index is -3.88. The summed E-state index contributed by atoms with van der Waals surface area (Å²) in [5.74, 6) is 0.877. The van der Waals surface area contributed by atoms with Gasteiger partial charge in [0.25, 0.3) is 10.0 Å². The van der Waals surface area contributed by atoms with E-state index in [-0.39, 0.29) is 23.1 Å². The zero-order valence-corrected chi connectivity index (χ0v) is 21.0. The van der Waals surface area contributed by atoms with Crippen LogP contribution in [0.2, 0.25) is 0 Å². The van der Waals surface area contributed by atoms with E-state index < -0.39 is 10.0 Å². The molecular weight excluding hydrogens is 498 g/mol. The second-order valence-corrected chi connectivity index (χ2v) is 9.85. The fraction of sp³-hybridized carbons (Fsp3) is 0.120. The Balaban J connectivity index is 0.00000304. The molecule has 0 atom stereocenters. The quantitative estimate of drug-likeness (QED) is 0.220. The topological polar surface area (TPSA) is 140 Å². The minimum Gasteiger partial charge on any atom is -0.384 e. The predicted molar refractivity (Wildman–Crippen MR) is 143 cm³/mol. The van der Waals surface area contributed by atoms with E-state index in [1.165, 1.54) is 12.3 Å². The van der Waals surface area contributed by atoms with Gasteiger partial charge in [0.15, 0.2) is 5.65 Å². The molecule has 9 nitrogen and oxygen atoms in total. The number of fused-ring (bicyclic) bond motifs is 2. The first-order valence-electron chi connectivity index (χ1n) is 10.9. The normalized spacial score (nSPS) is 11.4. The van der Waals surface area contributed by atoms with Crippen molar-refractivity contribution >= 4 is 56.0 Å². The Morgan fingerprint density at radius 3 is 2.56 bits per heavy atom. The number of nitrogen functional groups attached to an aromatic ring is 1. The van der Waals surface area contributed by atoms with Crippen molar-refractivity contribution in [3.63, 3.8) is 0 Å². The van der Waals surface area contributed by atoms with E-state index >= 15 is 0 Å². The third-order valence-corrected chi connectivity index (χ3v) is 7.28. The van der Waals surface area contributed by atoms with Crippen LogP contribution in [0.3, 0.4) is 0 Å². The highest BCUT2D eigenvalue weighted by atomic mass is 35.5. The molecule has 2 aromatic carbocycles. The summed E-state index contributed by atoms with van der Waals surface area (Å²) in [5.41, 5.74) is 9.34. The van der Waals surface area contributed by atoms with E-state index in [9.17, 15) is 8.42 Å². The Morgan fingerprint density at radius 1 is 1.06 bits per heavy atom. The number of hydrogen-bond donors (Lipinski definition) is 3. The van der Waals surface area contributed by atoms with Gasteiger partial charge >= 0.3 is 0 Å². The van der Waals surface area contributed by atoms with Crippen LogP contribution in [0.25, 0.3) is 22.1 Å². The lowest BCUT2D eigenvalue weighted by atomic mass is 10.1. The number of imidazole rings is 1. The molecule has 0 bridgehead atoms. The molecule has 0 unspecified atom stereocenters. The van der Waals surface area contributed by atoms with Crippen LogP contribution in [-0.4, -0.2) is 33.8 Å². The van der Waals surface area contributed by atoms with Crippen molar-refractivity contribution in [2.24, 2.45) is 12.8 Å². The summed E-state index contributed by atoms with van der Waals surface area (Å²) in [5, 5.41) is 8.25. The Bertz CT molecular complexity index is 1680. The van der Waals surface area contributed by atoms with Crippen LogP contribution in [0.15, 0.2) is 78.0 Å². The van der Waals surface area contributed by atoms with Crippen LogP contribution in [0, 0.1) is 5.41 Å². The lowest BCUT2D eigenvalue weighted by Crippen LogP contribution is -2.14. The standard InChI is InChI=1S/C25H23N7O2S.ClH/c1-32-20-14-19(31-35(33,34)21-6-2-4-17-5-3-13-28-23(17)21)15-29-25(20)30-22(32)12-9-16-7-10-18(11-8-16)24(26)27;/h2-8,10-11,13-15,31H,9,12H2,1H3,(H3,26,27);1H. The average Bonchev–Trinajstić information content (AvgIpc) is 3.17. The largest absolute Gasteiger partial charge is 0.384 e. The van der Waals surface area contributed by atoms with Gasteiger partial charge in [0.2, 0.25) is 0 Å². The molecule has 5 aromatic rings. The molecule has 4 N–H and O–H groups in total. The second kappa shape index (κ2) is 9.92. The Kier molecular flexibility index (Phi) is 6.91. The monoisotopic (exact) mass is 521 g/mol. The maximum atomic E-state index is 13.1. The van der Waals surface area contributed by atoms with Crippen LogP contribution < -0.4 is 10.5 Å². The molecule has 36 heavy (non-hydrogen) atoms. The first kappa shape index (κ1) is 25.1. The van der Waals surface area contributed by atoms with Gasteiger partial charge < -0.3 is 10.3 Å². The molecule has 0 spiro atoms. The molecule has 0 aliphatic rings. The molecule has 0 saturated carbocycles. The molecule has 0 fully saturated rings. The van der Waals surface area contributed by atoms with E-state index in [1.807, 2.05) is 48.0 Å². The maximum absolute atomic E-state index is 13.1. The van der Waals surface area contributed by atoms with E-state index in [4.69, 9.17) is 11.1 Å². The summed E-state index contributed by atoms with van der Waals surface area (Å²) in [6.45, 7) is 0. The number of amidine groups is 1. The van der Waals surface area contributed by atoms with Gasteiger partial charge in [0.1, 0.15) is 16.6 Å². The minimum absolute atomic E-state index is 0. The van der Waals surface area contributed by atoms with Crippen LogP contribution >= 0.6 is 12.4 Å². The van der Waals surface area contributed by atoms with Gasteiger partial charge in [-0.05, 0) is 30.2 Å². The number of rotatable bonds is 7. The van der Waals surface area contributed by atoms with Crippen LogP contribution in [-0.2, 0) is 29.9 Å². The number of aryl methyl sites for hydroxylation is 3. The zero-order valence-electron chi connectivity index (χ0n) is 19.3. The fourth-order valence-electron chi connectivity index (χ4n) is 4.00. The van der Waals surface area contributed by atoms with Gasteiger partial charge in [0.05, 0.1) is 22.9 Å². The molecule has 3 aromatic heterocycles. The number of nitrogens with zero attached hydrogens (tertiary/aromatic N) is 4. The predicted octanol–water partition coefficient (Wildman–Crippen LogP) is 3.81. The zero-order chi connectivity index (χ0) is 24.6. The van der Waals surface area contributed by atoms with Gasteiger partial charge in [0, 0.05) is 30.6 Å². The number of anilines is 1. The van der Waals surface area contributed by atoms with Crippen LogP contribution in [0.5, 0.6) is 0 Å². The second-order valence-electron chi connectivity index (χ2n) is 8.20. The van der Waals surface area contributed by atoms with E-state index in [2.05, 4.69) is 19.7 Å². The average molecular weight is 522 g/mol. The number of benzene rings is 2. The summed E-state index contributed by atoms with van der Waals surface area (Å²) < 4.78 is 30.8. The molecule has 184 valence electrons. The highest BCUT2D eigenvalue weighted by molar-refractivity contribution is 7.93. The summed E-state index contributed by atoms with van der Waals surface area (Å²) in [6, 6.07) is 17.9. The highest BCUT2D eigenvalue weighted by Crippen LogP contribution is 2.25. The van der Waals surface area contributed by atoms with Gasteiger partial charge in [-0.15, -0.1) is 12.4 Å². The molecule has 0 amide bonds. The number of nitrogens with one attached hydrogen (secondary N) is 2. The SMILES string of the molecule is Cl.Cn1c(CCc2ccc(C(=N)N)cc2)nc2ncc(NS(=O)(=O)c3cccc4cccnc34)cc21. The summed E-state index contributed by atoms with van der Waals surface area (Å²) >= 11 is 0. The van der Waals surface area contributed by atoms with E-state index in [1.54, 1.807) is 24.4 Å². The molecular formula is C25H24ClN7O2S. The molecule has 0 saturated heterocycles. The molecule has 5 rings (SSSR count). The van der Waals surface area contributed by atoms with Crippen molar-refractivity contribution in [2.75, 3.05) is 4.72 Å². The molecule has 3 heterocycles. The number of nitrogens with two attached hydrogens (primary N) is 1. The van der Waals surface area contributed by atoms with E-state index in [0.29, 0.717) is 28.8 Å². The lowest BCUT2D eigenvalue weighted by Gasteiger charge is -2.10. The third-order valence-electron chi connectivity index (χ3n) is 5.87. The first-order valence-corrected chi connectivity index (χ1v) is 12.4. The van der Waals surface area contributed by atoms with Crippen molar-refractivity contribution in [3.8, 4) is 0 Å². The third kappa shape index (κ3) is 4.86. The maximum Gasteiger partial charge on any atom is 0.264 e. The smallest absolute Gasteiger partial charge is 0.264 e. The number of para-hydroxylation sites is 1. The Morgan fingerprint density at radius 2 is 1.81 bits per heavy atom. The Labute approximate surface area is 214 Å². The summed E-state index contributed by atoms with van der Waals surface area (Å²) in [4.78, 5) is 13.4. The van der Waals surface area contributed by atoms with Gasteiger partial charge in [-0.3, -0.25) is 15.1 Å². The van der Waals surface area contributed by atoms with Crippen LogP contribution in [0.4, 0.5) is 5.69 Å². The Hall–Kier alpha value is -4.02. The lowest BCUT2D eigenvalue weighted by molar-refractivity contribution is 0.602. The number of aromatic nitrogens is 4. The number of pyridine rings is 2. The number of sulfonamides is 1. The summed E-state index contributed by atoms with van der Waals surface area (Å²) in [6.07, 6.45) is 4.47. The van der Waals surface area contributed by atoms with Gasteiger partial charge in [-0.25, -0.2) is 18.4 Å². The molecule has 0 aliphatic heterocycles. The van der Waals surface area contributed by atoms with Crippen molar-refractivity contribution in [3.05, 3.63) is 90.0 Å². The summed E-state index contributed by atoms with van der Waals surface area (Å²) in [7, 11) is -1.99. The number of hydrogen-bond acceptors (Lipinski definition) is 6. The van der Waals surface area contributed by atoms with Gasteiger partial charge in [-0.1, -0.05) is 42.5 Å². The number of halogens is 1. The first-order chi connectivity index (χ1) is 16.8. The van der Waals surface area contributed by atoms with Crippen molar-refractivity contribution in [1.29, 1.82) is 5.41 Å². The molecule has 0 aliphatic carbocycles. The molecule has 0 radical (unpaired) electrons. The highest BCUT2D eigenvalue weighted by Gasteiger charge is 2.19. The van der Waals surface area contributed by atoms with Gasteiger partial charge in [-0.2, -0.15) is 0 Å². The van der Waals surface area contributed by atoms with Crippen molar-refractivity contribution in [2.45, 2.75) is 17.7 Å². The molecule has 11 heteroatoms. The van der Waals surface area contributed by atoms with E-state index in [0.717, 1.165) is 28.7 Å². The van der Waals surface area contributed by atoms with Crippen LogP contribution in [0.1, 0.15) is 17.0 Å².